The van der Waals surface area contributed by atoms with Crippen LogP contribution in [0.1, 0.15) is 28.4 Å². The first-order chi connectivity index (χ1) is 15.1. The van der Waals surface area contributed by atoms with Gasteiger partial charge < -0.3 is 20.1 Å². The summed E-state index contributed by atoms with van der Waals surface area (Å²) in [7, 11) is 1.56. The molecule has 1 aliphatic heterocycles. The highest BCUT2D eigenvalue weighted by Crippen LogP contribution is 2.31. The zero-order valence-corrected chi connectivity index (χ0v) is 17.7. The predicted molar refractivity (Wildman–Crippen MR) is 117 cm³/mol. The van der Waals surface area contributed by atoms with Gasteiger partial charge >= 0.3 is 0 Å². The van der Waals surface area contributed by atoms with Gasteiger partial charge in [-0.05, 0) is 29.8 Å². The van der Waals surface area contributed by atoms with Crippen LogP contribution in [0.3, 0.4) is 0 Å². The summed E-state index contributed by atoms with van der Waals surface area (Å²) < 4.78 is 5.10. The van der Waals surface area contributed by atoms with Crippen LogP contribution in [0.5, 0.6) is 5.88 Å². The maximum absolute atomic E-state index is 9.97. The van der Waals surface area contributed by atoms with Gasteiger partial charge in [0.2, 0.25) is 5.88 Å². The van der Waals surface area contributed by atoms with Gasteiger partial charge in [0.15, 0.2) is 0 Å². The zero-order chi connectivity index (χ0) is 21.8. The first-order valence-corrected chi connectivity index (χ1v) is 10.2. The summed E-state index contributed by atoms with van der Waals surface area (Å²) in [6, 6.07) is 10.8. The minimum absolute atomic E-state index is 0.133. The fraction of sp³-hybridized carbons (Fsp3) is 0.273. The smallest absolute Gasteiger partial charge is 0.212 e. The van der Waals surface area contributed by atoms with E-state index in [9.17, 15) is 10.4 Å². The highest BCUT2D eigenvalue weighted by Gasteiger charge is 2.24. The van der Waals surface area contributed by atoms with Gasteiger partial charge in [-0.2, -0.15) is 5.26 Å². The number of aliphatic hydroxyl groups is 1. The number of anilines is 2. The molecule has 0 saturated carbocycles. The number of nitrogens with zero attached hydrogens (tertiary/aromatic N) is 5. The minimum Gasteiger partial charge on any atom is -0.481 e. The minimum atomic E-state index is -0.391. The normalized spacial score (nSPS) is 13.8. The molecule has 0 radical (unpaired) electrons. The lowest BCUT2D eigenvalue weighted by molar-refractivity contribution is 0.275. The molecule has 3 heterocycles. The number of rotatable bonds is 6. The SMILES string of the molecule is COc1ccc([C@@H](CO)Nc2ncnc3c2CN(c2ccc(Cl)cc2C#N)CC3)cn1. The quantitative estimate of drug-likeness (QED) is 0.607. The summed E-state index contributed by atoms with van der Waals surface area (Å²) in [6.45, 7) is 1.13. The van der Waals surface area contributed by atoms with E-state index in [0.29, 0.717) is 35.2 Å². The molecule has 0 spiro atoms. The molecule has 0 unspecified atom stereocenters. The highest BCUT2D eigenvalue weighted by atomic mass is 35.5. The van der Waals surface area contributed by atoms with E-state index in [1.807, 2.05) is 12.1 Å². The number of pyridine rings is 1. The average molecular weight is 437 g/mol. The van der Waals surface area contributed by atoms with Gasteiger partial charge in [0, 0.05) is 42.4 Å². The third-order valence-electron chi connectivity index (χ3n) is 5.29. The summed E-state index contributed by atoms with van der Waals surface area (Å²) in [5.74, 6) is 1.16. The van der Waals surface area contributed by atoms with Crippen molar-refractivity contribution >= 4 is 23.1 Å². The lowest BCUT2D eigenvalue weighted by Gasteiger charge is -2.32. The molecule has 3 aromatic rings. The number of benzene rings is 1. The highest BCUT2D eigenvalue weighted by molar-refractivity contribution is 6.30. The van der Waals surface area contributed by atoms with Gasteiger partial charge in [0.25, 0.3) is 0 Å². The van der Waals surface area contributed by atoms with Crippen molar-refractivity contribution in [2.24, 2.45) is 0 Å². The van der Waals surface area contributed by atoms with Crippen LogP contribution in [-0.2, 0) is 13.0 Å². The number of nitriles is 1. The zero-order valence-electron chi connectivity index (χ0n) is 16.9. The standard InChI is InChI=1S/C22H21ClN6O2/c1-31-21-5-2-14(10-25-21)19(12-30)28-22-17-11-29(7-6-18(17)26-13-27-22)20-4-3-16(23)8-15(20)9-24/h2-5,8,10,13,19,30H,6-7,11-12H2,1H3,(H,26,27,28)/t19-/m1/s1. The number of ether oxygens (including phenoxy) is 1. The molecule has 0 fully saturated rings. The second-order valence-electron chi connectivity index (χ2n) is 7.11. The molecule has 2 N–H and O–H groups in total. The lowest BCUT2D eigenvalue weighted by Crippen LogP contribution is -2.33. The maximum atomic E-state index is 9.97. The van der Waals surface area contributed by atoms with Crippen LogP contribution in [0.2, 0.25) is 5.02 Å². The van der Waals surface area contributed by atoms with E-state index < -0.39 is 6.04 Å². The third-order valence-corrected chi connectivity index (χ3v) is 5.52. The van der Waals surface area contributed by atoms with E-state index in [4.69, 9.17) is 16.3 Å². The fourth-order valence-electron chi connectivity index (χ4n) is 3.66. The molecule has 158 valence electrons. The van der Waals surface area contributed by atoms with Gasteiger partial charge in [0.05, 0.1) is 36.7 Å². The van der Waals surface area contributed by atoms with Crippen LogP contribution in [-0.4, -0.2) is 40.3 Å². The van der Waals surface area contributed by atoms with E-state index in [1.165, 1.54) is 6.33 Å². The Bertz CT molecular complexity index is 1120. The van der Waals surface area contributed by atoms with Crippen LogP contribution >= 0.6 is 11.6 Å². The van der Waals surface area contributed by atoms with Crippen LogP contribution in [0.25, 0.3) is 0 Å². The van der Waals surface area contributed by atoms with Crippen molar-refractivity contribution in [3.05, 3.63) is 70.3 Å². The predicted octanol–water partition coefficient (Wildman–Crippen LogP) is 3.11. The largest absolute Gasteiger partial charge is 0.481 e. The number of fused-ring (bicyclic) bond motifs is 1. The van der Waals surface area contributed by atoms with Gasteiger partial charge in [-0.1, -0.05) is 11.6 Å². The van der Waals surface area contributed by atoms with E-state index in [-0.39, 0.29) is 6.61 Å². The van der Waals surface area contributed by atoms with Crippen molar-refractivity contribution in [1.82, 2.24) is 15.0 Å². The number of aliphatic hydroxyl groups excluding tert-OH is 1. The average Bonchev–Trinajstić information content (AvgIpc) is 2.82. The molecular weight excluding hydrogens is 416 g/mol. The van der Waals surface area contributed by atoms with Gasteiger partial charge in [-0.15, -0.1) is 0 Å². The third kappa shape index (κ3) is 4.38. The molecule has 1 aromatic carbocycles. The topological polar surface area (TPSA) is 107 Å². The molecule has 1 atom stereocenters. The number of methoxy groups -OCH3 is 1. The summed E-state index contributed by atoms with van der Waals surface area (Å²) >= 11 is 6.06. The van der Waals surface area contributed by atoms with Crippen LogP contribution in [0.4, 0.5) is 11.5 Å². The van der Waals surface area contributed by atoms with E-state index in [2.05, 4.69) is 31.2 Å². The van der Waals surface area contributed by atoms with Crippen LogP contribution in [0, 0.1) is 11.3 Å². The molecular formula is C22H21ClN6O2. The Balaban J connectivity index is 1.62. The summed E-state index contributed by atoms with van der Waals surface area (Å²) in [5, 5.41) is 23.3. The summed E-state index contributed by atoms with van der Waals surface area (Å²) in [6.07, 6.45) is 3.91. The molecule has 0 bridgehead atoms. The van der Waals surface area contributed by atoms with Crippen molar-refractivity contribution in [2.75, 3.05) is 30.5 Å². The summed E-state index contributed by atoms with van der Waals surface area (Å²) in [4.78, 5) is 15.2. The second kappa shape index (κ2) is 9.16. The molecule has 0 amide bonds. The van der Waals surface area contributed by atoms with Crippen LogP contribution < -0.4 is 15.0 Å². The first kappa shape index (κ1) is 20.8. The fourth-order valence-corrected chi connectivity index (χ4v) is 3.83. The molecule has 9 heteroatoms. The van der Waals surface area contributed by atoms with Crippen molar-refractivity contribution in [2.45, 2.75) is 19.0 Å². The molecule has 2 aromatic heterocycles. The van der Waals surface area contributed by atoms with Gasteiger partial charge in [0.1, 0.15) is 18.2 Å². The first-order valence-electron chi connectivity index (χ1n) is 9.77. The summed E-state index contributed by atoms with van der Waals surface area (Å²) in [5.41, 5.74) is 4.05. The monoisotopic (exact) mass is 436 g/mol. The Morgan fingerprint density at radius 2 is 2.16 bits per heavy atom. The van der Waals surface area contributed by atoms with Crippen molar-refractivity contribution in [3.8, 4) is 11.9 Å². The number of nitrogens with one attached hydrogen (secondary N) is 1. The molecule has 31 heavy (non-hydrogen) atoms. The Labute approximate surface area is 185 Å². The van der Waals surface area contributed by atoms with E-state index in [1.54, 1.807) is 31.5 Å². The van der Waals surface area contributed by atoms with Gasteiger partial charge in [-0.25, -0.2) is 15.0 Å². The van der Waals surface area contributed by atoms with Crippen LogP contribution in [0.15, 0.2) is 42.9 Å². The number of hydrogen-bond acceptors (Lipinski definition) is 8. The molecule has 8 nitrogen and oxygen atoms in total. The van der Waals surface area contributed by atoms with Crippen molar-refractivity contribution in [3.63, 3.8) is 0 Å². The van der Waals surface area contributed by atoms with E-state index >= 15 is 0 Å². The number of aromatic nitrogens is 3. The van der Waals surface area contributed by atoms with Gasteiger partial charge in [-0.3, -0.25) is 0 Å². The molecule has 4 rings (SSSR count). The van der Waals surface area contributed by atoms with E-state index in [0.717, 1.165) is 29.1 Å². The number of halogens is 1. The molecule has 1 aliphatic rings. The lowest BCUT2D eigenvalue weighted by atomic mass is 10.0. The molecule has 0 aliphatic carbocycles. The van der Waals surface area contributed by atoms with Crippen molar-refractivity contribution in [1.29, 1.82) is 5.26 Å². The Hall–Kier alpha value is -3.41. The molecule has 0 saturated heterocycles. The van der Waals surface area contributed by atoms with Crippen molar-refractivity contribution < 1.29 is 9.84 Å². The Morgan fingerprint density at radius 3 is 2.87 bits per heavy atom. The second-order valence-corrected chi connectivity index (χ2v) is 7.54. The number of hydrogen-bond donors (Lipinski definition) is 2. The Kier molecular flexibility index (Phi) is 6.16. The Morgan fingerprint density at radius 1 is 1.29 bits per heavy atom. The maximum Gasteiger partial charge on any atom is 0.212 e.